The van der Waals surface area contributed by atoms with Gasteiger partial charge < -0.3 is 5.32 Å². The van der Waals surface area contributed by atoms with Crippen LogP contribution in [0.15, 0.2) is 40.0 Å². The summed E-state index contributed by atoms with van der Waals surface area (Å²) in [5, 5.41) is 11.7. The van der Waals surface area contributed by atoms with Crippen LogP contribution in [-0.4, -0.2) is 25.9 Å². The first-order chi connectivity index (χ1) is 15.8. The second-order valence-corrected chi connectivity index (χ2v) is 9.26. The van der Waals surface area contributed by atoms with Gasteiger partial charge in [0.2, 0.25) is 0 Å². The van der Waals surface area contributed by atoms with Crippen molar-refractivity contribution in [1.82, 2.24) is 25.2 Å². The summed E-state index contributed by atoms with van der Waals surface area (Å²) < 4.78 is 45.2. The van der Waals surface area contributed by atoms with Crippen molar-refractivity contribution in [2.24, 2.45) is 0 Å². The molecule has 1 atom stereocenters. The maximum atomic E-state index is 13.2. The second kappa shape index (κ2) is 8.38. The van der Waals surface area contributed by atoms with Crippen LogP contribution in [-0.2, 0) is 32.1 Å². The van der Waals surface area contributed by atoms with Crippen LogP contribution in [0.25, 0.3) is 10.2 Å². The minimum atomic E-state index is -4.43. The zero-order valence-corrected chi connectivity index (χ0v) is 18.5. The van der Waals surface area contributed by atoms with Gasteiger partial charge in [-0.05, 0) is 49.4 Å². The van der Waals surface area contributed by atoms with E-state index >= 15 is 0 Å². The molecule has 11 heteroatoms. The van der Waals surface area contributed by atoms with Crippen LogP contribution in [0.1, 0.15) is 39.4 Å². The van der Waals surface area contributed by atoms with E-state index in [1.807, 2.05) is 6.92 Å². The van der Waals surface area contributed by atoms with E-state index in [1.165, 1.54) is 28.3 Å². The van der Waals surface area contributed by atoms with Gasteiger partial charge in [0.1, 0.15) is 16.2 Å². The van der Waals surface area contributed by atoms with E-state index in [2.05, 4.69) is 20.6 Å². The summed E-state index contributed by atoms with van der Waals surface area (Å²) >= 11 is 1.51. The first-order valence-corrected chi connectivity index (χ1v) is 11.3. The summed E-state index contributed by atoms with van der Waals surface area (Å²) in [5.41, 5.74) is 1.99. The monoisotopic (exact) mass is 475 g/mol. The van der Waals surface area contributed by atoms with E-state index in [-0.39, 0.29) is 18.1 Å². The van der Waals surface area contributed by atoms with E-state index in [1.54, 1.807) is 6.07 Å². The maximum Gasteiger partial charge on any atom is 0.416 e. The third-order valence-corrected chi connectivity index (χ3v) is 7.11. The van der Waals surface area contributed by atoms with Crippen molar-refractivity contribution < 1.29 is 17.8 Å². The van der Waals surface area contributed by atoms with Crippen LogP contribution in [0.5, 0.6) is 0 Å². The van der Waals surface area contributed by atoms with Crippen molar-refractivity contribution in [3.63, 3.8) is 0 Å². The van der Waals surface area contributed by atoms with Gasteiger partial charge in [0.15, 0.2) is 0 Å². The number of hydrogen-bond donors (Lipinski definition) is 1. The maximum absolute atomic E-state index is 13.2. The summed E-state index contributed by atoms with van der Waals surface area (Å²) in [6.07, 6.45) is -0.654. The molecule has 4 aromatic rings. The highest BCUT2D eigenvalue weighted by Gasteiger charge is 2.30. The molecule has 0 saturated heterocycles. The van der Waals surface area contributed by atoms with E-state index in [9.17, 15) is 18.0 Å². The lowest BCUT2D eigenvalue weighted by molar-refractivity contribution is -0.137. The standard InChI is InChI=1S/C22H20F3N5O2S/c1-12-17(29-32-28-12)9-26-15-5-6-16-18(8-15)33-20-19(16)21(31)30(11-27-20)10-13-3-2-4-14(7-13)22(23,24)25/h2-4,7,11,15,26H,5-6,8-10H2,1H3/t15-/m1/s1. The number of benzene rings is 1. The Hall–Kier alpha value is -3.05. The van der Waals surface area contributed by atoms with E-state index < -0.39 is 11.7 Å². The Morgan fingerprint density at radius 2 is 2.15 bits per heavy atom. The highest BCUT2D eigenvalue weighted by Crippen LogP contribution is 2.34. The largest absolute Gasteiger partial charge is 0.416 e. The van der Waals surface area contributed by atoms with Gasteiger partial charge in [-0.2, -0.15) is 13.2 Å². The Labute approximate surface area is 190 Å². The molecular weight excluding hydrogens is 455 g/mol. The normalized spacial score (nSPS) is 16.3. The lowest BCUT2D eigenvalue weighted by Crippen LogP contribution is -2.34. The van der Waals surface area contributed by atoms with Gasteiger partial charge in [-0.15, -0.1) is 11.3 Å². The molecular formula is C22H20F3N5O2S. The number of nitrogens with one attached hydrogen (secondary N) is 1. The number of hydrogen-bond acceptors (Lipinski definition) is 7. The quantitative estimate of drug-likeness (QED) is 0.472. The molecule has 0 saturated carbocycles. The molecule has 1 aromatic carbocycles. The fraction of sp³-hybridized carbons (Fsp3) is 0.364. The number of rotatable bonds is 5. The summed E-state index contributed by atoms with van der Waals surface area (Å²) in [6, 6.07) is 5.26. The molecule has 1 N–H and O–H groups in total. The molecule has 3 aromatic heterocycles. The minimum Gasteiger partial charge on any atom is -0.308 e. The predicted molar refractivity (Wildman–Crippen MR) is 116 cm³/mol. The molecule has 0 aliphatic heterocycles. The van der Waals surface area contributed by atoms with Crippen molar-refractivity contribution in [1.29, 1.82) is 0 Å². The highest BCUT2D eigenvalue weighted by molar-refractivity contribution is 7.18. The number of fused-ring (bicyclic) bond motifs is 3. The highest BCUT2D eigenvalue weighted by atomic mass is 32.1. The molecule has 0 unspecified atom stereocenters. The Balaban J connectivity index is 1.38. The topological polar surface area (TPSA) is 85.8 Å². The van der Waals surface area contributed by atoms with Gasteiger partial charge in [0, 0.05) is 17.5 Å². The molecule has 0 bridgehead atoms. The van der Waals surface area contributed by atoms with Crippen LogP contribution in [0.2, 0.25) is 0 Å². The van der Waals surface area contributed by atoms with Crippen molar-refractivity contribution in [3.8, 4) is 0 Å². The van der Waals surface area contributed by atoms with Gasteiger partial charge in [0.05, 0.1) is 23.8 Å². The van der Waals surface area contributed by atoms with Crippen molar-refractivity contribution >= 4 is 21.6 Å². The zero-order chi connectivity index (χ0) is 23.2. The van der Waals surface area contributed by atoms with Crippen molar-refractivity contribution in [2.75, 3.05) is 0 Å². The zero-order valence-electron chi connectivity index (χ0n) is 17.6. The van der Waals surface area contributed by atoms with Crippen molar-refractivity contribution in [3.05, 3.63) is 73.9 Å². The summed E-state index contributed by atoms with van der Waals surface area (Å²) in [4.78, 5) is 19.4. The third kappa shape index (κ3) is 4.30. The van der Waals surface area contributed by atoms with Crippen LogP contribution < -0.4 is 10.9 Å². The third-order valence-electron chi connectivity index (χ3n) is 5.95. The lowest BCUT2D eigenvalue weighted by atomic mass is 9.93. The molecule has 1 aliphatic rings. The van der Waals surface area contributed by atoms with Crippen LogP contribution >= 0.6 is 11.3 Å². The Morgan fingerprint density at radius 1 is 1.30 bits per heavy atom. The number of thiophene rings is 1. The van der Waals surface area contributed by atoms with Crippen LogP contribution in [0.3, 0.4) is 0 Å². The summed E-state index contributed by atoms with van der Waals surface area (Å²) in [7, 11) is 0. The Morgan fingerprint density at radius 3 is 2.91 bits per heavy atom. The Kier molecular flexibility index (Phi) is 5.53. The van der Waals surface area contributed by atoms with Crippen molar-refractivity contribution in [2.45, 2.75) is 51.5 Å². The molecule has 33 heavy (non-hydrogen) atoms. The van der Waals surface area contributed by atoms with Gasteiger partial charge in [-0.3, -0.25) is 9.36 Å². The van der Waals surface area contributed by atoms with Gasteiger partial charge in [-0.1, -0.05) is 22.4 Å². The molecule has 0 radical (unpaired) electrons. The number of alkyl halides is 3. The number of halogens is 3. The lowest BCUT2D eigenvalue weighted by Gasteiger charge is -2.23. The van der Waals surface area contributed by atoms with E-state index in [0.29, 0.717) is 22.3 Å². The Bertz CT molecular complexity index is 1370. The molecule has 5 rings (SSSR count). The predicted octanol–water partition coefficient (Wildman–Crippen LogP) is 3.86. The molecule has 172 valence electrons. The smallest absolute Gasteiger partial charge is 0.308 e. The molecule has 3 heterocycles. The minimum absolute atomic E-state index is 0.0333. The fourth-order valence-electron chi connectivity index (χ4n) is 4.18. The van der Waals surface area contributed by atoms with Gasteiger partial charge in [0.25, 0.3) is 5.56 Å². The van der Waals surface area contributed by atoms with Gasteiger partial charge >= 0.3 is 6.18 Å². The van der Waals surface area contributed by atoms with Crippen LogP contribution in [0, 0.1) is 6.92 Å². The average molecular weight is 475 g/mol. The van der Waals surface area contributed by atoms with Gasteiger partial charge in [-0.25, -0.2) is 9.61 Å². The van der Waals surface area contributed by atoms with Crippen LogP contribution in [0.4, 0.5) is 13.2 Å². The average Bonchev–Trinajstić information content (AvgIpc) is 3.36. The molecule has 0 amide bonds. The van der Waals surface area contributed by atoms with E-state index in [0.717, 1.165) is 53.2 Å². The molecule has 0 spiro atoms. The number of aromatic nitrogens is 4. The summed E-state index contributed by atoms with van der Waals surface area (Å²) in [5.74, 6) is 0. The SMILES string of the molecule is Cc1nonc1CN[C@@H]1CCc2c(sc3ncn(Cc4cccc(C(F)(F)F)c4)c(=O)c23)C1. The molecule has 1 aliphatic carbocycles. The molecule has 7 nitrogen and oxygen atoms in total. The first-order valence-electron chi connectivity index (χ1n) is 10.5. The fourth-order valence-corrected chi connectivity index (χ4v) is 5.44. The second-order valence-electron chi connectivity index (χ2n) is 8.18. The number of nitrogens with zero attached hydrogens (tertiary/aromatic N) is 4. The summed E-state index contributed by atoms with van der Waals surface area (Å²) in [6.45, 7) is 2.43. The molecule has 0 fully saturated rings. The van der Waals surface area contributed by atoms with E-state index in [4.69, 9.17) is 4.63 Å². The first kappa shape index (κ1) is 21.8. The number of aryl methyl sites for hydroxylation is 2.